The van der Waals surface area contributed by atoms with Crippen molar-refractivity contribution in [1.29, 1.82) is 0 Å². The third-order valence-electron chi connectivity index (χ3n) is 6.35. The summed E-state index contributed by atoms with van der Waals surface area (Å²) in [4.78, 5) is 39.3. The summed E-state index contributed by atoms with van der Waals surface area (Å²) in [6.07, 6.45) is 0.454. The zero-order valence-electron chi connectivity index (χ0n) is 20.6. The Morgan fingerprint density at radius 2 is 1.42 bits per heavy atom. The summed E-state index contributed by atoms with van der Waals surface area (Å²) in [5.41, 5.74) is 0.0219. The number of fused-ring (bicyclic) bond motifs is 2. The predicted molar refractivity (Wildman–Crippen MR) is 134 cm³/mol. The van der Waals surface area contributed by atoms with E-state index in [1.165, 1.54) is 12.1 Å². The van der Waals surface area contributed by atoms with Gasteiger partial charge in [0.25, 0.3) is 11.8 Å². The first-order valence-electron chi connectivity index (χ1n) is 12.0. The van der Waals surface area contributed by atoms with E-state index in [-0.39, 0.29) is 52.5 Å². The molecule has 8 heteroatoms. The maximum Gasteiger partial charge on any atom is 0.307 e. The van der Waals surface area contributed by atoms with Crippen LogP contribution in [0.15, 0.2) is 42.5 Å². The Bertz CT molecular complexity index is 1300. The van der Waals surface area contributed by atoms with Gasteiger partial charge < -0.3 is 14.6 Å². The van der Waals surface area contributed by atoms with Crippen LogP contribution in [0.1, 0.15) is 66.8 Å². The van der Waals surface area contributed by atoms with Crippen LogP contribution in [0.25, 0.3) is 10.8 Å². The highest BCUT2D eigenvalue weighted by Crippen LogP contribution is 2.47. The second-order valence-electron chi connectivity index (χ2n) is 8.93. The van der Waals surface area contributed by atoms with Gasteiger partial charge in [0.05, 0.1) is 35.4 Å². The Balaban J connectivity index is 1.96. The van der Waals surface area contributed by atoms with Gasteiger partial charge in [-0.3, -0.25) is 14.4 Å². The molecule has 3 aromatic carbocycles. The van der Waals surface area contributed by atoms with E-state index in [0.717, 1.165) is 11.0 Å². The summed E-state index contributed by atoms with van der Waals surface area (Å²) < 4.78 is 27.5. The summed E-state index contributed by atoms with van der Waals surface area (Å²) in [7, 11) is 0. The third-order valence-corrected chi connectivity index (χ3v) is 6.35. The minimum atomic E-state index is -1.12. The number of amides is 2. The van der Waals surface area contributed by atoms with E-state index in [0.29, 0.717) is 23.6 Å². The average Bonchev–Trinajstić information content (AvgIpc) is 3.10. The van der Waals surface area contributed by atoms with Crippen LogP contribution in [-0.2, 0) is 11.2 Å². The number of carbonyl (C=O) groups excluding carboxylic acids is 2. The predicted octanol–water partition coefficient (Wildman–Crippen LogP) is 5.76. The summed E-state index contributed by atoms with van der Waals surface area (Å²) in [5.74, 6) is -2.92. The van der Waals surface area contributed by atoms with Crippen molar-refractivity contribution < 1.29 is 33.4 Å². The van der Waals surface area contributed by atoms with Crippen molar-refractivity contribution in [3.63, 3.8) is 0 Å². The van der Waals surface area contributed by atoms with Crippen LogP contribution in [-0.4, -0.2) is 35.1 Å². The second-order valence-corrected chi connectivity index (χ2v) is 8.93. The molecule has 2 unspecified atom stereocenters. The lowest BCUT2D eigenvalue weighted by molar-refractivity contribution is -0.136. The van der Waals surface area contributed by atoms with Gasteiger partial charge in [-0.1, -0.05) is 44.2 Å². The summed E-state index contributed by atoms with van der Waals surface area (Å²) in [6.45, 7) is 7.62. The normalized spacial score (nSPS) is 14.6. The standard InChI is InChI=1S/C28H28FNO6/c1-5-15(3)35-25-18-9-7-8-10-19(18)26(36-16(4)6-2)24-23(25)27(33)30(28(24)34)21-12-11-17(13-20(21)29)14-22(31)32/h7-13,15-16H,5-6,14H2,1-4H3,(H,31,32). The number of hydrogen-bond donors (Lipinski definition) is 1. The van der Waals surface area contributed by atoms with Crippen LogP contribution in [0.4, 0.5) is 10.1 Å². The van der Waals surface area contributed by atoms with Crippen molar-refractivity contribution in [3.8, 4) is 11.5 Å². The zero-order chi connectivity index (χ0) is 26.1. The van der Waals surface area contributed by atoms with Crippen LogP contribution in [0.2, 0.25) is 0 Å². The molecular weight excluding hydrogens is 465 g/mol. The fourth-order valence-corrected chi connectivity index (χ4v) is 4.15. The molecule has 0 spiro atoms. The molecule has 1 heterocycles. The highest BCUT2D eigenvalue weighted by atomic mass is 19.1. The number of ether oxygens (including phenoxy) is 2. The molecule has 1 aliphatic rings. The van der Waals surface area contributed by atoms with Gasteiger partial charge in [0.1, 0.15) is 17.3 Å². The molecule has 0 bridgehead atoms. The lowest BCUT2D eigenvalue weighted by Gasteiger charge is -2.21. The number of anilines is 1. The Morgan fingerprint density at radius 3 is 1.83 bits per heavy atom. The molecule has 0 radical (unpaired) electrons. The van der Waals surface area contributed by atoms with E-state index in [1.807, 2.05) is 39.8 Å². The van der Waals surface area contributed by atoms with Crippen LogP contribution in [0, 0.1) is 5.82 Å². The second kappa shape index (κ2) is 9.97. The number of carboxylic acid groups (broad SMARTS) is 1. The number of carboxylic acids is 1. The van der Waals surface area contributed by atoms with Gasteiger partial charge in [-0.15, -0.1) is 0 Å². The van der Waals surface area contributed by atoms with Crippen molar-refractivity contribution in [3.05, 3.63) is 65.0 Å². The molecular formula is C28H28FNO6. The number of nitrogens with zero attached hydrogens (tertiary/aromatic N) is 1. The summed E-state index contributed by atoms with van der Waals surface area (Å²) in [5, 5.41) is 10.3. The lowest BCUT2D eigenvalue weighted by Crippen LogP contribution is -2.30. The summed E-state index contributed by atoms with van der Waals surface area (Å²) >= 11 is 0. The van der Waals surface area contributed by atoms with Gasteiger partial charge in [0.15, 0.2) is 0 Å². The molecule has 0 fully saturated rings. The van der Waals surface area contributed by atoms with Crippen LogP contribution < -0.4 is 14.4 Å². The molecule has 0 aromatic heterocycles. The molecule has 36 heavy (non-hydrogen) atoms. The number of benzene rings is 3. The molecule has 0 saturated carbocycles. The van der Waals surface area contributed by atoms with Crippen LogP contribution in [0.3, 0.4) is 0 Å². The first kappa shape index (κ1) is 25.2. The van der Waals surface area contributed by atoms with Gasteiger partial charge in [-0.25, -0.2) is 9.29 Å². The van der Waals surface area contributed by atoms with Crippen LogP contribution in [0.5, 0.6) is 11.5 Å². The van der Waals surface area contributed by atoms with E-state index < -0.39 is 23.6 Å². The van der Waals surface area contributed by atoms with Gasteiger partial charge in [0.2, 0.25) is 0 Å². The van der Waals surface area contributed by atoms with Gasteiger partial charge in [0, 0.05) is 10.8 Å². The molecule has 1 N–H and O–H groups in total. The lowest BCUT2D eigenvalue weighted by atomic mass is 9.98. The number of carbonyl (C=O) groups is 3. The van der Waals surface area contributed by atoms with Crippen molar-refractivity contribution in [1.82, 2.24) is 0 Å². The minimum Gasteiger partial charge on any atom is -0.489 e. The smallest absolute Gasteiger partial charge is 0.307 e. The van der Waals surface area contributed by atoms with Crippen molar-refractivity contribution in [2.24, 2.45) is 0 Å². The summed E-state index contributed by atoms with van der Waals surface area (Å²) in [6, 6.07) is 10.9. The van der Waals surface area contributed by atoms with Crippen molar-refractivity contribution in [2.45, 2.75) is 59.2 Å². The average molecular weight is 494 g/mol. The molecule has 188 valence electrons. The first-order valence-corrected chi connectivity index (χ1v) is 12.0. The largest absolute Gasteiger partial charge is 0.489 e. The topological polar surface area (TPSA) is 93.1 Å². The van der Waals surface area contributed by atoms with Gasteiger partial charge in [-0.05, 0) is 44.4 Å². The fourth-order valence-electron chi connectivity index (χ4n) is 4.15. The Kier molecular flexibility index (Phi) is 6.97. The van der Waals surface area contributed by atoms with Crippen molar-refractivity contribution in [2.75, 3.05) is 4.90 Å². The van der Waals surface area contributed by atoms with Crippen LogP contribution >= 0.6 is 0 Å². The molecule has 3 aromatic rings. The highest BCUT2D eigenvalue weighted by Gasteiger charge is 2.44. The third kappa shape index (κ3) is 4.39. The maximum atomic E-state index is 15.1. The Hall–Kier alpha value is -3.94. The van der Waals surface area contributed by atoms with Gasteiger partial charge >= 0.3 is 5.97 Å². The molecule has 2 atom stereocenters. The van der Waals surface area contributed by atoms with E-state index >= 15 is 4.39 Å². The molecule has 2 amide bonds. The number of aliphatic carboxylic acids is 1. The van der Waals surface area contributed by atoms with Crippen molar-refractivity contribution >= 4 is 34.2 Å². The van der Waals surface area contributed by atoms with Gasteiger partial charge in [-0.2, -0.15) is 0 Å². The fraction of sp³-hybridized carbons (Fsp3) is 0.321. The van der Waals surface area contributed by atoms with E-state index in [4.69, 9.17) is 14.6 Å². The SMILES string of the molecule is CCC(C)Oc1c2c(c(OC(C)CC)c3ccccc13)C(=O)N(c1ccc(CC(=O)O)cc1F)C2=O. The monoisotopic (exact) mass is 493 g/mol. The Labute approximate surface area is 208 Å². The van der Waals surface area contributed by atoms with E-state index in [1.54, 1.807) is 12.1 Å². The molecule has 0 saturated heterocycles. The molecule has 1 aliphatic heterocycles. The quantitative estimate of drug-likeness (QED) is 0.381. The molecule has 7 nitrogen and oxygen atoms in total. The number of hydrogen-bond acceptors (Lipinski definition) is 5. The number of rotatable bonds is 9. The number of imide groups is 1. The van der Waals surface area contributed by atoms with E-state index in [2.05, 4.69) is 0 Å². The maximum absolute atomic E-state index is 15.1. The first-order chi connectivity index (χ1) is 17.2. The highest BCUT2D eigenvalue weighted by molar-refractivity contribution is 6.38. The number of halogens is 1. The minimum absolute atomic E-state index is 0.0336. The van der Waals surface area contributed by atoms with E-state index in [9.17, 15) is 14.4 Å². The molecule has 4 rings (SSSR count). The molecule has 0 aliphatic carbocycles. The zero-order valence-corrected chi connectivity index (χ0v) is 20.6. The Morgan fingerprint density at radius 1 is 0.917 bits per heavy atom.